The third-order valence-electron chi connectivity index (χ3n) is 2.21. The lowest BCUT2D eigenvalue weighted by molar-refractivity contribution is -0.121. The van der Waals surface area contributed by atoms with Gasteiger partial charge in [0.25, 0.3) is 5.91 Å². The molecule has 0 N–H and O–H groups in total. The van der Waals surface area contributed by atoms with E-state index in [0.29, 0.717) is 23.8 Å². The molecule has 80 valence electrons. The predicted molar refractivity (Wildman–Crippen MR) is 55.3 cm³/mol. The van der Waals surface area contributed by atoms with E-state index in [4.69, 9.17) is 16.3 Å². The molecule has 1 amide bonds. The van der Waals surface area contributed by atoms with Crippen molar-refractivity contribution in [2.75, 3.05) is 18.6 Å². The molecule has 0 saturated heterocycles. The largest absolute Gasteiger partial charge is 0.466 e. The van der Waals surface area contributed by atoms with Gasteiger partial charge in [-0.1, -0.05) is 18.5 Å². The molecular formula is C9H10ClN3O2. The molecule has 0 radical (unpaired) electrons. The van der Waals surface area contributed by atoms with Crippen LogP contribution in [0.4, 0.5) is 5.69 Å². The molecule has 0 atom stereocenters. The number of hydrogen-bond donors (Lipinski definition) is 0. The third kappa shape index (κ3) is 1.63. The molecule has 1 aliphatic rings. The lowest BCUT2D eigenvalue weighted by Crippen LogP contribution is -2.36. The number of hydrogen-bond acceptors (Lipinski definition) is 4. The van der Waals surface area contributed by atoms with Gasteiger partial charge in [-0.05, 0) is 0 Å². The van der Waals surface area contributed by atoms with E-state index in [1.54, 1.807) is 7.05 Å². The molecule has 0 saturated carbocycles. The molecule has 0 spiro atoms. The molecule has 1 aliphatic heterocycles. The van der Waals surface area contributed by atoms with Crippen LogP contribution < -0.4 is 9.64 Å². The summed E-state index contributed by atoms with van der Waals surface area (Å²) in [6.07, 6.45) is 0.675. The molecule has 1 aromatic rings. The predicted octanol–water partition coefficient (Wildman–Crippen LogP) is 1.05. The minimum absolute atomic E-state index is 0.00000346. The molecule has 2 heterocycles. The number of aryl methyl sites for hydroxylation is 1. The topological polar surface area (TPSA) is 55.3 Å². The van der Waals surface area contributed by atoms with E-state index in [-0.39, 0.29) is 17.7 Å². The lowest BCUT2D eigenvalue weighted by Gasteiger charge is -2.25. The number of likely N-dealkylation sites (N-methyl/N-ethyl adjacent to an activating group) is 1. The van der Waals surface area contributed by atoms with E-state index in [1.165, 1.54) is 4.90 Å². The highest BCUT2D eigenvalue weighted by atomic mass is 35.5. The normalized spacial score (nSPS) is 14.9. The zero-order valence-electron chi connectivity index (χ0n) is 8.45. The van der Waals surface area contributed by atoms with Crippen LogP contribution >= 0.6 is 11.6 Å². The second-order valence-electron chi connectivity index (χ2n) is 3.18. The second-order valence-corrected chi connectivity index (χ2v) is 3.54. The molecule has 15 heavy (non-hydrogen) atoms. The number of halogens is 1. The molecule has 1 aromatic heterocycles. The van der Waals surface area contributed by atoms with Crippen LogP contribution in [0.2, 0.25) is 5.15 Å². The van der Waals surface area contributed by atoms with Gasteiger partial charge < -0.3 is 9.64 Å². The Labute approximate surface area is 92.0 Å². The fraction of sp³-hybridized carbons (Fsp3) is 0.444. The highest BCUT2D eigenvalue weighted by Crippen LogP contribution is 2.34. The third-order valence-corrected chi connectivity index (χ3v) is 2.48. The monoisotopic (exact) mass is 227 g/mol. The van der Waals surface area contributed by atoms with E-state index < -0.39 is 0 Å². The maximum Gasteiger partial charge on any atom is 0.264 e. The summed E-state index contributed by atoms with van der Waals surface area (Å²) in [5, 5.41) is 0.257. The number of aromatic nitrogens is 2. The summed E-state index contributed by atoms with van der Waals surface area (Å²) in [6.45, 7) is 1.93. The Morgan fingerprint density at radius 2 is 2.27 bits per heavy atom. The van der Waals surface area contributed by atoms with Crippen molar-refractivity contribution in [3.8, 4) is 5.88 Å². The number of anilines is 1. The summed E-state index contributed by atoms with van der Waals surface area (Å²) in [6, 6.07) is 0. The van der Waals surface area contributed by atoms with Crippen molar-refractivity contribution >= 4 is 23.2 Å². The fourth-order valence-corrected chi connectivity index (χ4v) is 1.65. The van der Waals surface area contributed by atoms with Crippen LogP contribution in [0.15, 0.2) is 0 Å². The van der Waals surface area contributed by atoms with Gasteiger partial charge in [0.1, 0.15) is 11.5 Å². The van der Waals surface area contributed by atoms with Crippen molar-refractivity contribution in [3.63, 3.8) is 0 Å². The Bertz CT molecular complexity index is 422. The van der Waals surface area contributed by atoms with Crippen LogP contribution in [0.25, 0.3) is 0 Å². The van der Waals surface area contributed by atoms with Gasteiger partial charge in [-0.3, -0.25) is 4.79 Å². The molecule has 6 heteroatoms. The maximum absolute atomic E-state index is 11.4. The molecule has 5 nitrogen and oxygen atoms in total. The lowest BCUT2D eigenvalue weighted by atomic mass is 10.3. The van der Waals surface area contributed by atoms with Crippen molar-refractivity contribution in [2.24, 2.45) is 0 Å². The Hall–Kier alpha value is -1.36. The van der Waals surface area contributed by atoms with E-state index in [0.717, 1.165) is 0 Å². The Morgan fingerprint density at radius 3 is 2.93 bits per heavy atom. The summed E-state index contributed by atoms with van der Waals surface area (Å²) < 4.78 is 5.20. The van der Waals surface area contributed by atoms with Crippen molar-refractivity contribution < 1.29 is 9.53 Å². The smallest absolute Gasteiger partial charge is 0.264 e. The van der Waals surface area contributed by atoms with Gasteiger partial charge in [-0.25, -0.2) is 4.98 Å². The summed E-state index contributed by atoms with van der Waals surface area (Å²) in [4.78, 5) is 21.0. The van der Waals surface area contributed by atoms with Gasteiger partial charge in [-0.15, -0.1) is 0 Å². The Kier molecular flexibility index (Phi) is 2.48. The molecule has 2 rings (SSSR count). The van der Waals surface area contributed by atoms with Crippen LogP contribution in [0, 0.1) is 0 Å². The zero-order valence-corrected chi connectivity index (χ0v) is 9.21. The average Bonchev–Trinajstić information content (AvgIpc) is 2.23. The molecular weight excluding hydrogens is 218 g/mol. The van der Waals surface area contributed by atoms with Gasteiger partial charge in [-0.2, -0.15) is 4.98 Å². The zero-order chi connectivity index (χ0) is 11.0. The van der Waals surface area contributed by atoms with E-state index >= 15 is 0 Å². The van der Waals surface area contributed by atoms with Crippen LogP contribution in [0.3, 0.4) is 0 Å². The first kappa shape index (κ1) is 10.2. The van der Waals surface area contributed by atoms with E-state index in [9.17, 15) is 4.79 Å². The SMILES string of the molecule is CCc1nc(Cl)c2c(n1)OCC(=O)N2C. The van der Waals surface area contributed by atoms with Gasteiger partial charge in [0.15, 0.2) is 11.8 Å². The van der Waals surface area contributed by atoms with Crippen LogP contribution in [0.1, 0.15) is 12.7 Å². The van der Waals surface area contributed by atoms with Gasteiger partial charge in [0.2, 0.25) is 5.88 Å². The Morgan fingerprint density at radius 1 is 1.53 bits per heavy atom. The minimum atomic E-state index is -0.155. The summed E-state index contributed by atoms with van der Waals surface area (Å²) in [5.74, 6) is 0.840. The highest BCUT2D eigenvalue weighted by molar-refractivity contribution is 6.33. The van der Waals surface area contributed by atoms with Crippen molar-refractivity contribution in [1.82, 2.24) is 9.97 Å². The number of carbonyl (C=O) groups excluding carboxylic acids is 1. The minimum Gasteiger partial charge on any atom is -0.466 e. The first-order valence-corrected chi connectivity index (χ1v) is 4.97. The van der Waals surface area contributed by atoms with Crippen LogP contribution in [-0.2, 0) is 11.2 Å². The van der Waals surface area contributed by atoms with Crippen molar-refractivity contribution in [1.29, 1.82) is 0 Å². The highest BCUT2D eigenvalue weighted by Gasteiger charge is 2.27. The molecule has 0 bridgehead atoms. The van der Waals surface area contributed by atoms with Crippen LogP contribution in [-0.4, -0.2) is 29.5 Å². The number of rotatable bonds is 1. The average molecular weight is 228 g/mol. The maximum atomic E-state index is 11.4. The van der Waals surface area contributed by atoms with Gasteiger partial charge in [0.05, 0.1) is 0 Å². The van der Waals surface area contributed by atoms with E-state index in [2.05, 4.69) is 9.97 Å². The number of carbonyl (C=O) groups is 1. The summed E-state index contributed by atoms with van der Waals surface area (Å²) in [7, 11) is 1.63. The van der Waals surface area contributed by atoms with Gasteiger partial charge >= 0.3 is 0 Å². The fourth-order valence-electron chi connectivity index (χ4n) is 1.34. The second kappa shape index (κ2) is 3.66. The molecule has 0 unspecified atom stereocenters. The van der Waals surface area contributed by atoms with Gasteiger partial charge in [0, 0.05) is 13.5 Å². The molecule has 0 aromatic carbocycles. The van der Waals surface area contributed by atoms with Crippen molar-refractivity contribution in [2.45, 2.75) is 13.3 Å². The summed E-state index contributed by atoms with van der Waals surface area (Å²) in [5.41, 5.74) is 0.449. The van der Waals surface area contributed by atoms with Crippen LogP contribution in [0.5, 0.6) is 5.88 Å². The molecule has 0 fully saturated rings. The number of fused-ring (bicyclic) bond motifs is 1. The van der Waals surface area contributed by atoms with E-state index in [1.807, 2.05) is 6.92 Å². The summed E-state index contributed by atoms with van der Waals surface area (Å²) >= 11 is 5.96. The van der Waals surface area contributed by atoms with Crippen molar-refractivity contribution in [3.05, 3.63) is 11.0 Å². The first-order chi connectivity index (χ1) is 7.13. The number of amides is 1. The number of nitrogens with zero attached hydrogens (tertiary/aromatic N) is 3. The first-order valence-electron chi connectivity index (χ1n) is 4.59. The number of ether oxygens (including phenoxy) is 1. The molecule has 0 aliphatic carbocycles. The quantitative estimate of drug-likeness (QED) is 0.673. The standard InChI is InChI=1S/C9H10ClN3O2/c1-3-5-11-8(10)7-9(12-5)15-4-6(14)13(7)2/h3-4H2,1-2H3. The Balaban J connectivity index is 2.55.